The molecule has 3 rings (SSSR count). The van der Waals surface area contributed by atoms with Gasteiger partial charge >= 0.3 is 0 Å². The van der Waals surface area contributed by atoms with Gasteiger partial charge in [0.2, 0.25) is 0 Å². The van der Waals surface area contributed by atoms with E-state index in [1.54, 1.807) is 7.11 Å². The number of aliphatic imine (C=N–C) groups is 1. The predicted molar refractivity (Wildman–Crippen MR) is 133 cm³/mol. The van der Waals surface area contributed by atoms with Gasteiger partial charge in [-0.3, -0.25) is 0 Å². The topological polar surface area (TPSA) is 72.7 Å². The fourth-order valence-corrected chi connectivity index (χ4v) is 2.99. The molecule has 0 saturated heterocycles. The smallest absolute Gasteiger partial charge is 0.196 e. The van der Waals surface area contributed by atoms with Crippen LogP contribution >= 0.6 is 24.0 Å². The fraction of sp³-hybridized carbons (Fsp3) is 0.364. The molecule has 0 spiro atoms. The van der Waals surface area contributed by atoms with Gasteiger partial charge in [0.15, 0.2) is 5.96 Å². The van der Waals surface area contributed by atoms with Gasteiger partial charge in [0.1, 0.15) is 18.1 Å². The molecule has 0 fully saturated rings. The number of nitrogens with zero attached hydrogens (tertiary/aromatic N) is 3. The maximum absolute atomic E-state index is 5.78. The highest BCUT2D eigenvalue weighted by Gasteiger charge is 2.07. The SMILES string of the molecule is CCNC(=NCc1nc2ccccc2n1C)Nc1cccc(OCCCOC)c1.I. The van der Waals surface area contributed by atoms with Crippen molar-refractivity contribution in [3.63, 3.8) is 0 Å². The number of hydrogen-bond donors (Lipinski definition) is 2. The van der Waals surface area contributed by atoms with E-state index in [-0.39, 0.29) is 24.0 Å². The summed E-state index contributed by atoms with van der Waals surface area (Å²) < 4.78 is 12.9. The summed E-state index contributed by atoms with van der Waals surface area (Å²) in [5.41, 5.74) is 3.00. The van der Waals surface area contributed by atoms with E-state index in [1.165, 1.54) is 0 Å². The number of fused-ring (bicyclic) bond motifs is 1. The minimum Gasteiger partial charge on any atom is -0.493 e. The fourth-order valence-electron chi connectivity index (χ4n) is 2.99. The van der Waals surface area contributed by atoms with Gasteiger partial charge in [-0.1, -0.05) is 18.2 Å². The normalized spacial score (nSPS) is 11.2. The van der Waals surface area contributed by atoms with Crippen LogP contribution in [-0.4, -0.2) is 42.4 Å². The number of guanidine groups is 1. The summed E-state index contributed by atoms with van der Waals surface area (Å²) in [7, 11) is 3.71. The summed E-state index contributed by atoms with van der Waals surface area (Å²) in [5, 5.41) is 6.62. The summed E-state index contributed by atoms with van der Waals surface area (Å²) in [4.78, 5) is 9.39. The molecule has 0 atom stereocenters. The van der Waals surface area contributed by atoms with Gasteiger partial charge in [0, 0.05) is 45.5 Å². The second-order valence-corrected chi connectivity index (χ2v) is 6.62. The Hall–Kier alpha value is -2.33. The van der Waals surface area contributed by atoms with Crippen molar-refractivity contribution in [2.24, 2.45) is 12.0 Å². The van der Waals surface area contributed by atoms with Crippen molar-refractivity contribution in [2.75, 3.05) is 32.2 Å². The molecule has 162 valence electrons. The molecule has 3 aromatic rings. The Balaban J connectivity index is 0.00000320. The summed E-state index contributed by atoms with van der Waals surface area (Å²) in [6.07, 6.45) is 0.857. The van der Waals surface area contributed by atoms with Crippen LogP contribution in [0.2, 0.25) is 0 Å². The molecule has 0 aliphatic carbocycles. The Morgan fingerprint density at radius 2 is 1.97 bits per heavy atom. The lowest BCUT2D eigenvalue weighted by Gasteiger charge is -2.13. The number of ether oxygens (including phenoxy) is 2. The molecule has 2 N–H and O–H groups in total. The zero-order valence-electron chi connectivity index (χ0n) is 17.7. The molecule has 7 nitrogen and oxygen atoms in total. The number of anilines is 1. The van der Waals surface area contributed by atoms with E-state index < -0.39 is 0 Å². The van der Waals surface area contributed by atoms with E-state index in [9.17, 15) is 0 Å². The molecule has 8 heteroatoms. The van der Waals surface area contributed by atoms with E-state index in [0.717, 1.165) is 41.3 Å². The van der Waals surface area contributed by atoms with Crippen molar-refractivity contribution in [1.82, 2.24) is 14.9 Å². The highest BCUT2D eigenvalue weighted by atomic mass is 127. The second kappa shape index (κ2) is 12.4. The van der Waals surface area contributed by atoms with E-state index in [0.29, 0.717) is 25.7 Å². The number of nitrogens with one attached hydrogen (secondary N) is 2. The van der Waals surface area contributed by atoms with Crippen LogP contribution in [0.4, 0.5) is 5.69 Å². The van der Waals surface area contributed by atoms with Gasteiger partial charge in [-0.15, -0.1) is 24.0 Å². The number of halogens is 1. The number of aryl methyl sites for hydroxylation is 1. The standard InChI is InChI=1S/C22H29N5O2.HI/c1-4-23-22(24-16-21-26-19-11-5-6-12-20(19)27(21)2)25-17-9-7-10-18(15-17)29-14-8-13-28-3;/h5-7,9-12,15H,4,8,13-14,16H2,1-3H3,(H2,23,24,25);1H. The molecule has 0 saturated carbocycles. The lowest BCUT2D eigenvalue weighted by atomic mass is 10.3. The van der Waals surface area contributed by atoms with E-state index in [4.69, 9.17) is 14.5 Å². The third kappa shape index (κ3) is 6.60. The van der Waals surface area contributed by atoms with Crippen LogP contribution < -0.4 is 15.4 Å². The van der Waals surface area contributed by atoms with Crippen LogP contribution in [0, 0.1) is 0 Å². The average molecular weight is 523 g/mol. The molecule has 1 heterocycles. The van der Waals surface area contributed by atoms with E-state index >= 15 is 0 Å². The molecular weight excluding hydrogens is 493 g/mol. The zero-order chi connectivity index (χ0) is 20.5. The number of hydrogen-bond acceptors (Lipinski definition) is 4. The molecule has 1 aromatic heterocycles. The van der Waals surface area contributed by atoms with Gasteiger partial charge in [-0.05, 0) is 31.2 Å². The largest absolute Gasteiger partial charge is 0.493 e. The Morgan fingerprint density at radius 3 is 2.73 bits per heavy atom. The van der Waals surface area contributed by atoms with Gasteiger partial charge in [-0.2, -0.15) is 0 Å². The number of methoxy groups -OCH3 is 1. The van der Waals surface area contributed by atoms with Crippen molar-refractivity contribution in [1.29, 1.82) is 0 Å². The monoisotopic (exact) mass is 523 g/mol. The Kier molecular flexibility index (Phi) is 9.88. The first-order chi connectivity index (χ1) is 14.2. The van der Waals surface area contributed by atoms with Gasteiger partial charge in [0.05, 0.1) is 17.6 Å². The summed E-state index contributed by atoms with van der Waals surface area (Å²) >= 11 is 0. The molecular formula is C22H30IN5O2. The molecule has 2 aromatic carbocycles. The third-order valence-electron chi connectivity index (χ3n) is 4.46. The maximum Gasteiger partial charge on any atom is 0.196 e. The van der Waals surface area contributed by atoms with Gasteiger partial charge < -0.3 is 24.7 Å². The zero-order valence-corrected chi connectivity index (χ0v) is 20.1. The van der Waals surface area contributed by atoms with Crippen molar-refractivity contribution < 1.29 is 9.47 Å². The highest BCUT2D eigenvalue weighted by Crippen LogP contribution is 2.18. The molecule has 0 radical (unpaired) electrons. The van der Waals surface area contributed by atoms with Crippen LogP contribution in [0.1, 0.15) is 19.2 Å². The quantitative estimate of drug-likeness (QED) is 0.191. The first kappa shape index (κ1) is 23.9. The Morgan fingerprint density at radius 1 is 1.13 bits per heavy atom. The second-order valence-electron chi connectivity index (χ2n) is 6.62. The summed E-state index contributed by atoms with van der Waals surface area (Å²) in [6.45, 7) is 4.60. The average Bonchev–Trinajstić information content (AvgIpc) is 3.06. The lowest BCUT2D eigenvalue weighted by Crippen LogP contribution is -2.30. The number of imidazole rings is 1. The third-order valence-corrected chi connectivity index (χ3v) is 4.46. The van der Waals surface area contributed by atoms with Gasteiger partial charge in [-0.25, -0.2) is 9.98 Å². The maximum atomic E-state index is 5.78. The minimum atomic E-state index is 0. The predicted octanol–water partition coefficient (Wildman–Crippen LogP) is 4.18. The summed E-state index contributed by atoms with van der Waals surface area (Å²) in [5.74, 6) is 2.44. The summed E-state index contributed by atoms with van der Waals surface area (Å²) in [6, 6.07) is 16.0. The van der Waals surface area contributed by atoms with Crippen LogP contribution in [-0.2, 0) is 18.3 Å². The highest BCUT2D eigenvalue weighted by molar-refractivity contribution is 14.0. The first-order valence-corrected chi connectivity index (χ1v) is 9.88. The first-order valence-electron chi connectivity index (χ1n) is 9.88. The molecule has 0 aliphatic heterocycles. The van der Waals surface area contributed by atoms with E-state index in [1.807, 2.05) is 56.4 Å². The van der Waals surface area contributed by atoms with Crippen molar-refractivity contribution in [3.8, 4) is 5.75 Å². The Bertz CT molecular complexity index is 958. The minimum absolute atomic E-state index is 0. The number of benzene rings is 2. The molecule has 0 bridgehead atoms. The van der Waals surface area contributed by atoms with Crippen LogP contribution in [0.3, 0.4) is 0 Å². The van der Waals surface area contributed by atoms with Crippen LogP contribution in [0.5, 0.6) is 5.75 Å². The molecule has 0 amide bonds. The lowest BCUT2D eigenvalue weighted by molar-refractivity contribution is 0.172. The van der Waals surface area contributed by atoms with Crippen molar-refractivity contribution in [2.45, 2.75) is 19.9 Å². The molecule has 0 unspecified atom stereocenters. The number of aromatic nitrogens is 2. The molecule has 30 heavy (non-hydrogen) atoms. The van der Waals surface area contributed by atoms with Crippen LogP contribution in [0.25, 0.3) is 11.0 Å². The van der Waals surface area contributed by atoms with Gasteiger partial charge in [0.25, 0.3) is 0 Å². The number of rotatable bonds is 9. The van der Waals surface area contributed by atoms with Crippen LogP contribution in [0.15, 0.2) is 53.5 Å². The van der Waals surface area contributed by atoms with Crippen molar-refractivity contribution >= 4 is 46.7 Å². The Labute approximate surface area is 194 Å². The molecule has 0 aliphatic rings. The van der Waals surface area contributed by atoms with Crippen molar-refractivity contribution in [3.05, 3.63) is 54.4 Å². The van der Waals surface area contributed by atoms with E-state index in [2.05, 4.69) is 26.3 Å². The number of para-hydroxylation sites is 2.